The summed E-state index contributed by atoms with van der Waals surface area (Å²) >= 11 is 0. The van der Waals surface area contributed by atoms with E-state index in [0.29, 0.717) is 31.2 Å². The Morgan fingerprint density at radius 3 is 1.04 bits per heavy atom. The first-order valence-corrected chi connectivity index (χ1v) is 38.5. The molecule has 0 saturated carbocycles. The Bertz CT molecular complexity index is 4340. The fourth-order valence-electron chi connectivity index (χ4n) is 10.4. The first-order chi connectivity index (χ1) is 49.4. The quantitative estimate of drug-likeness (QED) is 0.0189. The van der Waals surface area contributed by atoms with Crippen molar-refractivity contribution in [2.24, 2.45) is 0 Å². The lowest BCUT2D eigenvalue weighted by molar-refractivity contribution is -0.385. The van der Waals surface area contributed by atoms with Crippen LogP contribution < -0.4 is 44.9 Å². The van der Waals surface area contributed by atoms with Crippen LogP contribution in [0.3, 0.4) is 0 Å². The molecule has 47 heteroatoms. The lowest BCUT2D eigenvalue weighted by atomic mass is 10.1. The van der Waals surface area contributed by atoms with E-state index in [2.05, 4.69) is 30.6 Å². The Balaban J connectivity index is 0.000000229. The van der Waals surface area contributed by atoms with Crippen molar-refractivity contribution in [1.82, 2.24) is 38.2 Å². The van der Waals surface area contributed by atoms with Gasteiger partial charge in [0.1, 0.15) is 60.9 Å². The summed E-state index contributed by atoms with van der Waals surface area (Å²) in [6, 6.07) is 15.3. The van der Waals surface area contributed by atoms with E-state index in [9.17, 15) is 85.6 Å². The fourth-order valence-corrected chi connectivity index (χ4v) is 12.5. The number of halogens is 9. The van der Waals surface area contributed by atoms with Crippen LogP contribution in [-0.4, -0.2) is 183 Å². The monoisotopic (exact) mass is 1590 g/mol. The van der Waals surface area contributed by atoms with Gasteiger partial charge in [-0.15, -0.1) is 12.4 Å². The molecule has 4 fully saturated rings. The Labute approximate surface area is 607 Å². The van der Waals surface area contributed by atoms with Crippen molar-refractivity contribution in [3.8, 4) is 0 Å². The van der Waals surface area contributed by atoms with Crippen LogP contribution in [0.25, 0.3) is 0 Å². The van der Waals surface area contributed by atoms with Gasteiger partial charge >= 0.3 is 58.6 Å². The van der Waals surface area contributed by atoms with E-state index in [4.69, 9.17) is 59.0 Å². The Morgan fingerprint density at radius 2 is 0.785 bits per heavy atom. The zero-order valence-electron chi connectivity index (χ0n) is 57.6. The molecule has 36 nitrogen and oxygen atoms in total. The summed E-state index contributed by atoms with van der Waals surface area (Å²) < 4.78 is 160. The zero-order valence-corrected chi connectivity index (χ0v) is 60.4. The third kappa shape index (κ3) is 21.1. The summed E-state index contributed by atoms with van der Waals surface area (Å²) in [6.07, 6.45) is -17.2. The van der Waals surface area contributed by atoms with Gasteiger partial charge in [0.25, 0.3) is 11.4 Å². The molecule has 0 aliphatic carbocycles. The van der Waals surface area contributed by atoms with Gasteiger partial charge in [-0.1, -0.05) is 13.8 Å². The fraction of sp³-hybridized carbons (Fsp3) is 0.500. The number of carbonyl (C=O) groups is 2. The largest absolute Gasteiger partial charge is 0.444 e. The number of aliphatic hydroxyl groups is 4. The summed E-state index contributed by atoms with van der Waals surface area (Å²) in [5.41, 5.74) is 7.19. The van der Waals surface area contributed by atoms with E-state index in [0.717, 1.165) is 35.3 Å². The maximum atomic E-state index is 15.2. The molecular formula is C60H75ClF8N14O22Si2. The number of aromatic nitrogens is 8. The molecule has 6 aromatic rings. The third-order valence-corrected chi connectivity index (χ3v) is 17.4. The second-order valence-corrected chi connectivity index (χ2v) is 34.4. The molecule has 4 aliphatic rings. The van der Waals surface area contributed by atoms with Gasteiger partial charge in [0, 0.05) is 49.1 Å². The van der Waals surface area contributed by atoms with Gasteiger partial charge in [0.05, 0.1) is 35.3 Å². The SMILES string of the molecule is CC[C@H]1O[C@@H](n2ccc(N)nc2=O)C(F)(F)C1O[Si](C)(C)C.CC[C@H]1O[C@@H](n2ccc(NC(=O)OCc3ccc([N+](=O)[O-])cc3)nc2=O)C(F)(F)C1O[Si](C)(C)C.Cl.Nc1ccn([C@@H]2O[C@H](CO)C(O)C2(F)F)c(=O)n1.O=C(Nc1ccn([C@@H]2O[C@H](CO)C(O)C2(F)F)c(=O)n1)OCc1ccc([N+](=O)[O-])cc1. The Kier molecular flexibility index (Phi) is 28.4. The minimum Gasteiger partial charge on any atom is -0.444 e. The van der Waals surface area contributed by atoms with Gasteiger partial charge in [-0.25, -0.2) is 28.8 Å². The number of anilines is 4. The number of hydrogen-bond acceptors (Lipinski definition) is 28. The maximum Gasteiger partial charge on any atom is 0.413 e. The molecule has 0 spiro atoms. The molecule has 0 bridgehead atoms. The van der Waals surface area contributed by atoms with Gasteiger partial charge in [0.15, 0.2) is 28.8 Å². The molecule has 10 N–H and O–H groups in total. The highest BCUT2D eigenvalue weighted by molar-refractivity contribution is 6.70. The van der Waals surface area contributed by atoms with Crippen molar-refractivity contribution >= 4 is 75.9 Å². The standard InChI is InChI=1S/C21H26F2N4O7Si.C17H16F2N4O8.C13H21F2N3O3Si.C9H11F2N3O4.ClH/c1-5-15-17(34-35(2,3)4)21(22,23)18(33-15)26-11-10-16(24-19(26)28)25-20(29)32-12-13-6-8-14(9-7-13)27(30)31;18-17(19)13(25)11(7-24)31-14(17)22-6-5-12(20-15(22)26)21-16(27)30-8-9-1-3-10(4-2-9)23(28)29;1-5-8-10(21-22(2,3)4)13(14,15)11(20-8)18-7-6-9(16)17-12(18)19;10-9(11)6(16)4(3-15)18-7(9)14-2-1-5(12)13-8(14)17;/h6-11,15,17-18H,5,12H2,1-4H3,(H,24,25,28,29);1-6,11,13-14,24-25H,7-8H2,(H,20,21,26,27);6-8,10-11H,5H2,1-4H3,(H2,16,17,19);1-2,4,6-7,15-16H,3H2,(H2,12,13,17);1H/t15-,17?,18-;11-,13?,14-;8-,10?,11-;4-,6?,7-;/m1111./s1. The molecule has 4 unspecified atom stereocenters. The van der Waals surface area contributed by atoms with E-state index in [-0.39, 0.29) is 66.7 Å². The van der Waals surface area contributed by atoms with E-state index in [1.165, 1.54) is 66.9 Å². The van der Waals surface area contributed by atoms with Crippen molar-refractivity contribution in [3.63, 3.8) is 0 Å². The summed E-state index contributed by atoms with van der Waals surface area (Å²) in [5, 5.41) is 62.3. The van der Waals surface area contributed by atoms with Crippen LogP contribution in [0.15, 0.2) is 117 Å². The van der Waals surface area contributed by atoms with Crippen molar-refractivity contribution in [3.05, 3.63) is 171 Å². The van der Waals surface area contributed by atoms with Crippen LogP contribution >= 0.6 is 12.4 Å². The molecule has 12 atom stereocenters. The van der Waals surface area contributed by atoms with E-state index in [1.54, 1.807) is 33.5 Å². The molecule has 10 rings (SSSR count). The first kappa shape index (κ1) is 86.6. The molecule has 2 aromatic carbocycles. The summed E-state index contributed by atoms with van der Waals surface area (Å²) in [5.74, 6) is -15.0. The molecular weight excluding hydrogens is 1510 g/mol. The van der Waals surface area contributed by atoms with Gasteiger partial charge in [-0.2, -0.15) is 55.1 Å². The number of nitro groups is 2. The van der Waals surface area contributed by atoms with Gasteiger partial charge in [-0.3, -0.25) is 49.1 Å². The number of nitrogens with zero attached hydrogens (tertiary/aromatic N) is 10. The number of non-ortho nitro benzene ring substituents is 2. The molecule has 8 heterocycles. The summed E-state index contributed by atoms with van der Waals surface area (Å²) in [7, 11) is -4.54. The maximum absolute atomic E-state index is 15.2. The van der Waals surface area contributed by atoms with Crippen molar-refractivity contribution in [2.75, 3.05) is 35.3 Å². The number of nitro benzene ring substituents is 2. The lowest BCUT2D eigenvalue weighted by Crippen LogP contribution is -2.47. The Morgan fingerprint density at radius 1 is 0.505 bits per heavy atom. The van der Waals surface area contributed by atoms with Crippen molar-refractivity contribution < 1.29 is 112 Å². The van der Waals surface area contributed by atoms with E-state index in [1.807, 2.05) is 19.6 Å². The normalized spacial score (nSPS) is 24.3. The predicted molar refractivity (Wildman–Crippen MR) is 363 cm³/mol. The van der Waals surface area contributed by atoms with Crippen LogP contribution in [0.1, 0.15) is 62.7 Å². The smallest absolute Gasteiger partial charge is 0.413 e. The van der Waals surface area contributed by atoms with Crippen LogP contribution in [-0.2, 0) is 50.5 Å². The highest BCUT2D eigenvalue weighted by Crippen LogP contribution is 2.48. The van der Waals surface area contributed by atoms with Crippen LogP contribution in [0.2, 0.25) is 39.3 Å². The number of nitrogen functional groups attached to an aromatic ring is 2. The lowest BCUT2D eigenvalue weighted by Gasteiger charge is -2.30. The number of ether oxygens (including phenoxy) is 6. The predicted octanol–water partition coefficient (Wildman–Crippen LogP) is 5.97. The molecule has 2 amide bonds. The van der Waals surface area contributed by atoms with Crippen molar-refractivity contribution in [1.29, 1.82) is 0 Å². The summed E-state index contributed by atoms with van der Waals surface area (Å²) in [6.45, 7) is 12.2. The highest BCUT2D eigenvalue weighted by Gasteiger charge is 2.64. The highest BCUT2D eigenvalue weighted by atomic mass is 35.5. The van der Waals surface area contributed by atoms with Crippen molar-refractivity contribution in [2.45, 2.75) is 177 Å². The third-order valence-electron chi connectivity index (χ3n) is 15.5. The number of aliphatic hydroxyl groups excluding tert-OH is 4. The average Bonchev–Trinajstić information content (AvgIpc) is 1.66. The minimum atomic E-state index is -3.86. The second kappa shape index (κ2) is 35.1. The minimum absolute atomic E-state index is 0. The Hall–Kier alpha value is -9.34. The molecule has 588 valence electrons. The first-order valence-electron chi connectivity index (χ1n) is 31.7. The number of nitrogens with one attached hydrogen (secondary N) is 2. The number of alkyl halides is 8. The zero-order chi connectivity index (χ0) is 78.9. The number of nitrogens with two attached hydrogens (primary N) is 2. The number of rotatable bonds is 20. The topological polar surface area (TPSA) is 491 Å². The van der Waals surface area contributed by atoms with Crippen LogP contribution in [0, 0.1) is 20.2 Å². The van der Waals surface area contributed by atoms with E-state index >= 15 is 8.78 Å². The second-order valence-electron chi connectivity index (χ2n) is 25.5. The number of amides is 2. The molecule has 0 radical (unpaired) electrons. The number of carbonyl (C=O) groups excluding carboxylic acids is 2. The number of benzene rings is 2. The average molecular weight is 1590 g/mol. The summed E-state index contributed by atoms with van der Waals surface area (Å²) in [4.78, 5) is 106. The van der Waals surface area contributed by atoms with Crippen LogP contribution in [0.4, 0.5) is 79.4 Å². The molecule has 4 aliphatic heterocycles. The molecule has 4 aromatic heterocycles. The molecule has 4 saturated heterocycles. The van der Waals surface area contributed by atoms with Crippen LogP contribution in [0.5, 0.6) is 0 Å². The van der Waals surface area contributed by atoms with Gasteiger partial charge in [-0.05, 0) is 112 Å². The number of hydrogen-bond donors (Lipinski definition) is 8. The van der Waals surface area contributed by atoms with E-state index < -0.39 is 172 Å². The molecule has 107 heavy (non-hydrogen) atoms. The van der Waals surface area contributed by atoms with Gasteiger partial charge in [0.2, 0.25) is 24.9 Å². The van der Waals surface area contributed by atoms with Gasteiger partial charge < -0.3 is 69.2 Å².